The summed E-state index contributed by atoms with van der Waals surface area (Å²) in [6, 6.07) is 20.2. The summed E-state index contributed by atoms with van der Waals surface area (Å²) in [5, 5.41) is 10.8. The second kappa shape index (κ2) is 13.3. The van der Waals surface area contributed by atoms with Gasteiger partial charge >= 0.3 is 0 Å². The van der Waals surface area contributed by atoms with Gasteiger partial charge in [-0.25, -0.2) is 0 Å². The molecule has 0 saturated carbocycles. The Labute approximate surface area is 219 Å². The SMILES string of the molecule is O=C(Cc1cccc2ccccc12)N1CCC(CNCCCCNCc2cc(Cl)cc(Cl)c2)CC1. The second-order valence-electron chi connectivity index (χ2n) is 9.50. The third-order valence-electron chi connectivity index (χ3n) is 6.83. The summed E-state index contributed by atoms with van der Waals surface area (Å²) in [5.74, 6) is 0.905. The molecule has 4 rings (SSSR count). The number of halogens is 2. The Morgan fingerprint density at radius 2 is 1.57 bits per heavy atom. The number of rotatable bonds is 11. The van der Waals surface area contributed by atoms with E-state index < -0.39 is 0 Å². The van der Waals surface area contributed by atoms with Gasteiger partial charge in [0.05, 0.1) is 6.42 Å². The number of amides is 1. The highest BCUT2D eigenvalue weighted by atomic mass is 35.5. The first-order chi connectivity index (χ1) is 17.1. The maximum absolute atomic E-state index is 12.9. The minimum atomic E-state index is 0.250. The van der Waals surface area contributed by atoms with E-state index in [4.69, 9.17) is 23.2 Å². The van der Waals surface area contributed by atoms with Crippen LogP contribution in [-0.4, -0.2) is 43.5 Å². The maximum atomic E-state index is 12.9. The zero-order valence-electron chi connectivity index (χ0n) is 20.2. The normalized spacial score (nSPS) is 14.5. The summed E-state index contributed by atoms with van der Waals surface area (Å²) in [4.78, 5) is 15.0. The molecule has 35 heavy (non-hydrogen) atoms. The van der Waals surface area contributed by atoms with Crippen molar-refractivity contribution in [3.63, 3.8) is 0 Å². The van der Waals surface area contributed by atoms with Crippen molar-refractivity contribution >= 4 is 39.9 Å². The number of unbranched alkanes of at least 4 members (excludes halogenated alkanes) is 1. The van der Waals surface area contributed by atoms with Crippen LogP contribution in [0, 0.1) is 5.92 Å². The first-order valence-electron chi connectivity index (χ1n) is 12.7. The van der Waals surface area contributed by atoms with E-state index in [-0.39, 0.29) is 5.91 Å². The quantitative estimate of drug-likeness (QED) is 0.306. The van der Waals surface area contributed by atoms with E-state index in [9.17, 15) is 4.79 Å². The summed E-state index contributed by atoms with van der Waals surface area (Å²) in [5.41, 5.74) is 2.24. The average Bonchev–Trinajstić information content (AvgIpc) is 2.85. The highest BCUT2D eigenvalue weighted by Crippen LogP contribution is 2.22. The van der Waals surface area contributed by atoms with Gasteiger partial charge in [-0.15, -0.1) is 0 Å². The predicted octanol–water partition coefficient (Wildman–Crippen LogP) is 6.09. The highest BCUT2D eigenvalue weighted by molar-refractivity contribution is 6.34. The van der Waals surface area contributed by atoms with Crippen molar-refractivity contribution in [1.82, 2.24) is 15.5 Å². The zero-order chi connectivity index (χ0) is 24.5. The van der Waals surface area contributed by atoms with Crippen molar-refractivity contribution in [1.29, 1.82) is 0 Å². The van der Waals surface area contributed by atoms with E-state index in [1.807, 2.05) is 30.3 Å². The molecule has 186 valence electrons. The number of hydrogen-bond acceptors (Lipinski definition) is 3. The fraction of sp³-hybridized carbons (Fsp3) is 0.414. The highest BCUT2D eigenvalue weighted by Gasteiger charge is 2.22. The van der Waals surface area contributed by atoms with Crippen LogP contribution in [0.5, 0.6) is 0 Å². The minimum Gasteiger partial charge on any atom is -0.342 e. The van der Waals surface area contributed by atoms with Crippen molar-refractivity contribution < 1.29 is 4.79 Å². The van der Waals surface area contributed by atoms with Gasteiger partial charge in [-0.05, 0) is 91.3 Å². The average molecular weight is 513 g/mol. The third kappa shape index (κ3) is 7.94. The van der Waals surface area contributed by atoms with Crippen LogP contribution in [0.3, 0.4) is 0 Å². The lowest BCUT2D eigenvalue weighted by molar-refractivity contribution is -0.131. The van der Waals surface area contributed by atoms with Crippen molar-refractivity contribution in [2.75, 3.05) is 32.7 Å². The number of likely N-dealkylation sites (tertiary alicyclic amines) is 1. The summed E-state index contributed by atoms with van der Waals surface area (Å²) in [6.07, 6.45) is 4.92. The van der Waals surface area contributed by atoms with Gasteiger partial charge in [0.15, 0.2) is 0 Å². The monoisotopic (exact) mass is 511 g/mol. The molecule has 4 nitrogen and oxygen atoms in total. The van der Waals surface area contributed by atoms with E-state index in [0.717, 1.165) is 76.1 Å². The molecule has 0 radical (unpaired) electrons. The molecule has 1 amide bonds. The molecule has 0 unspecified atom stereocenters. The molecule has 0 aromatic heterocycles. The fourth-order valence-corrected chi connectivity index (χ4v) is 5.43. The first-order valence-corrected chi connectivity index (χ1v) is 13.4. The van der Waals surface area contributed by atoms with Crippen LogP contribution in [0.25, 0.3) is 10.8 Å². The molecule has 0 spiro atoms. The second-order valence-corrected chi connectivity index (χ2v) is 10.4. The largest absolute Gasteiger partial charge is 0.342 e. The lowest BCUT2D eigenvalue weighted by Crippen LogP contribution is -2.41. The predicted molar refractivity (Wildman–Crippen MR) is 147 cm³/mol. The van der Waals surface area contributed by atoms with Gasteiger partial charge in [0.25, 0.3) is 0 Å². The van der Waals surface area contributed by atoms with Gasteiger partial charge in [-0.2, -0.15) is 0 Å². The smallest absolute Gasteiger partial charge is 0.227 e. The van der Waals surface area contributed by atoms with E-state index in [2.05, 4.69) is 39.8 Å². The number of fused-ring (bicyclic) bond motifs is 1. The molecule has 1 aliphatic heterocycles. The van der Waals surface area contributed by atoms with Crippen LogP contribution < -0.4 is 10.6 Å². The lowest BCUT2D eigenvalue weighted by atomic mass is 9.95. The van der Waals surface area contributed by atoms with Gasteiger partial charge in [-0.3, -0.25) is 4.79 Å². The summed E-state index contributed by atoms with van der Waals surface area (Å²) in [7, 11) is 0. The molecule has 1 heterocycles. The summed E-state index contributed by atoms with van der Waals surface area (Å²) in [6.45, 7) is 5.57. The van der Waals surface area contributed by atoms with Crippen molar-refractivity contribution in [2.24, 2.45) is 5.92 Å². The molecule has 2 N–H and O–H groups in total. The minimum absolute atomic E-state index is 0.250. The van der Waals surface area contributed by atoms with Gasteiger partial charge in [0.2, 0.25) is 5.91 Å². The van der Waals surface area contributed by atoms with Crippen molar-refractivity contribution in [2.45, 2.75) is 38.6 Å². The van der Waals surface area contributed by atoms with Crippen LogP contribution in [0.2, 0.25) is 10.0 Å². The molecule has 0 bridgehead atoms. The number of nitrogens with zero attached hydrogens (tertiary/aromatic N) is 1. The standard InChI is InChI=1S/C29H35Cl2N3O/c30-26-16-23(17-27(31)19-26)21-33-13-4-3-12-32-20-22-10-14-34(15-11-22)29(35)18-25-8-5-7-24-6-1-2-9-28(24)25/h1-2,5-9,16-17,19,22,32-33H,3-4,10-15,18,20-21H2. The molecular weight excluding hydrogens is 477 g/mol. The molecule has 1 saturated heterocycles. The Bertz CT molecular complexity index is 1090. The van der Waals surface area contributed by atoms with E-state index in [1.54, 1.807) is 6.07 Å². The third-order valence-corrected chi connectivity index (χ3v) is 7.27. The molecule has 1 aliphatic rings. The molecule has 6 heteroatoms. The summed E-state index contributed by atoms with van der Waals surface area (Å²) < 4.78 is 0. The van der Waals surface area contributed by atoms with Crippen LogP contribution in [0.15, 0.2) is 60.7 Å². The lowest BCUT2D eigenvalue weighted by Gasteiger charge is -2.32. The van der Waals surface area contributed by atoms with Crippen LogP contribution >= 0.6 is 23.2 Å². The number of benzene rings is 3. The van der Waals surface area contributed by atoms with Crippen LogP contribution in [0.1, 0.15) is 36.8 Å². The number of nitrogens with one attached hydrogen (secondary N) is 2. The van der Waals surface area contributed by atoms with Gasteiger partial charge < -0.3 is 15.5 Å². The first kappa shape index (κ1) is 26.0. The van der Waals surface area contributed by atoms with Crippen LogP contribution in [0.4, 0.5) is 0 Å². The Balaban J connectivity index is 1.07. The van der Waals surface area contributed by atoms with Crippen molar-refractivity contribution in [3.05, 3.63) is 81.8 Å². The number of carbonyl (C=O) groups excluding carboxylic acids is 1. The van der Waals surface area contributed by atoms with E-state index in [0.29, 0.717) is 22.4 Å². The molecule has 3 aromatic carbocycles. The topological polar surface area (TPSA) is 44.4 Å². The van der Waals surface area contributed by atoms with Gasteiger partial charge in [-0.1, -0.05) is 65.7 Å². The number of carbonyl (C=O) groups is 1. The molecular formula is C29H35Cl2N3O. The van der Waals surface area contributed by atoms with Crippen LogP contribution in [-0.2, 0) is 17.8 Å². The zero-order valence-corrected chi connectivity index (χ0v) is 21.8. The number of hydrogen-bond donors (Lipinski definition) is 2. The molecule has 3 aromatic rings. The Hall–Kier alpha value is -2.11. The summed E-state index contributed by atoms with van der Waals surface area (Å²) >= 11 is 12.1. The Morgan fingerprint density at radius 1 is 0.886 bits per heavy atom. The molecule has 0 aliphatic carbocycles. The molecule has 0 atom stereocenters. The van der Waals surface area contributed by atoms with E-state index >= 15 is 0 Å². The fourth-order valence-electron chi connectivity index (χ4n) is 4.86. The maximum Gasteiger partial charge on any atom is 0.227 e. The Morgan fingerprint density at radius 3 is 2.34 bits per heavy atom. The Kier molecular flexibility index (Phi) is 9.84. The molecule has 1 fully saturated rings. The van der Waals surface area contributed by atoms with E-state index in [1.165, 1.54) is 10.8 Å². The number of piperidine rings is 1. The van der Waals surface area contributed by atoms with Crippen molar-refractivity contribution in [3.8, 4) is 0 Å². The van der Waals surface area contributed by atoms with Gasteiger partial charge in [0.1, 0.15) is 0 Å². The van der Waals surface area contributed by atoms with Gasteiger partial charge in [0, 0.05) is 29.7 Å².